The van der Waals surface area contributed by atoms with Gasteiger partial charge >= 0.3 is 0 Å². The van der Waals surface area contributed by atoms with Crippen LogP contribution in [0.1, 0.15) is 39.5 Å². The van der Waals surface area contributed by atoms with Gasteiger partial charge in [0.2, 0.25) is 0 Å². The molecule has 1 unspecified atom stereocenters. The Balaban J connectivity index is 1.56. The predicted molar refractivity (Wildman–Crippen MR) is 108 cm³/mol. The van der Waals surface area contributed by atoms with E-state index in [4.69, 9.17) is 0 Å². The largest absolute Gasteiger partial charge is 0.345 e. The number of rotatable bonds is 4. The normalized spacial score (nSPS) is 15.9. The Bertz CT molecular complexity index is 907. The lowest BCUT2D eigenvalue weighted by Crippen LogP contribution is -2.31. The summed E-state index contributed by atoms with van der Waals surface area (Å²) in [7, 11) is 0. The van der Waals surface area contributed by atoms with Crippen molar-refractivity contribution in [2.24, 2.45) is 0 Å². The zero-order valence-corrected chi connectivity index (χ0v) is 15.3. The molecule has 1 aliphatic heterocycles. The van der Waals surface area contributed by atoms with Gasteiger partial charge < -0.3 is 5.32 Å². The third-order valence-electron chi connectivity index (χ3n) is 4.76. The minimum Gasteiger partial charge on any atom is -0.345 e. The Morgan fingerprint density at radius 1 is 0.923 bits per heavy atom. The van der Waals surface area contributed by atoms with E-state index >= 15 is 0 Å². The SMILES string of the molecule is O=C(NC1CCSc2ccccc21)c1ccccc1Cc1ccccc1. The summed E-state index contributed by atoms with van der Waals surface area (Å²) in [6.45, 7) is 0. The number of carbonyl (C=O) groups excluding carboxylic acids is 1. The van der Waals surface area contributed by atoms with Gasteiger partial charge in [0.25, 0.3) is 5.91 Å². The minimum absolute atomic E-state index is 0.0169. The average molecular weight is 359 g/mol. The third-order valence-corrected chi connectivity index (χ3v) is 5.89. The highest BCUT2D eigenvalue weighted by atomic mass is 32.2. The number of fused-ring (bicyclic) bond motifs is 1. The number of nitrogens with one attached hydrogen (secondary N) is 1. The molecule has 0 bridgehead atoms. The van der Waals surface area contributed by atoms with Gasteiger partial charge in [0, 0.05) is 16.2 Å². The fourth-order valence-corrected chi connectivity index (χ4v) is 4.56. The lowest BCUT2D eigenvalue weighted by Gasteiger charge is -2.26. The van der Waals surface area contributed by atoms with E-state index in [0.717, 1.165) is 29.7 Å². The fourth-order valence-electron chi connectivity index (χ4n) is 3.44. The van der Waals surface area contributed by atoms with Crippen molar-refractivity contribution in [2.75, 3.05) is 5.75 Å². The van der Waals surface area contributed by atoms with E-state index in [9.17, 15) is 4.79 Å². The summed E-state index contributed by atoms with van der Waals surface area (Å²) in [5.41, 5.74) is 4.28. The highest BCUT2D eigenvalue weighted by molar-refractivity contribution is 7.99. The first-order valence-electron chi connectivity index (χ1n) is 8.96. The van der Waals surface area contributed by atoms with Crippen LogP contribution in [0.3, 0.4) is 0 Å². The molecule has 4 rings (SSSR count). The maximum Gasteiger partial charge on any atom is 0.252 e. The van der Waals surface area contributed by atoms with E-state index in [1.54, 1.807) is 0 Å². The quantitative estimate of drug-likeness (QED) is 0.690. The molecule has 1 heterocycles. The predicted octanol–water partition coefficient (Wildman–Crippen LogP) is 5.24. The molecule has 3 heteroatoms. The van der Waals surface area contributed by atoms with Crippen molar-refractivity contribution >= 4 is 17.7 Å². The lowest BCUT2D eigenvalue weighted by molar-refractivity contribution is 0.0934. The summed E-state index contributed by atoms with van der Waals surface area (Å²) in [6.07, 6.45) is 1.73. The maximum absolute atomic E-state index is 13.0. The molecule has 0 aliphatic carbocycles. The second kappa shape index (κ2) is 7.79. The molecular formula is C23H21NOS. The molecule has 2 nitrogen and oxygen atoms in total. The first kappa shape index (κ1) is 16.9. The summed E-state index contributed by atoms with van der Waals surface area (Å²) in [4.78, 5) is 14.3. The van der Waals surface area contributed by atoms with Crippen LogP contribution in [-0.2, 0) is 6.42 Å². The van der Waals surface area contributed by atoms with Crippen LogP contribution in [-0.4, -0.2) is 11.7 Å². The monoisotopic (exact) mass is 359 g/mol. The molecule has 0 saturated heterocycles. The van der Waals surface area contributed by atoms with Crippen LogP contribution in [0.2, 0.25) is 0 Å². The molecule has 0 aromatic heterocycles. The van der Waals surface area contributed by atoms with Gasteiger partial charge in [0.1, 0.15) is 0 Å². The molecule has 0 saturated carbocycles. The molecule has 1 N–H and O–H groups in total. The molecule has 0 radical (unpaired) electrons. The first-order valence-corrected chi connectivity index (χ1v) is 9.94. The Morgan fingerprint density at radius 2 is 1.65 bits per heavy atom. The number of carbonyl (C=O) groups is 1. The van der Waals surface area contributed by atoms with Gasteiger partial charge in [0.15, 0.2) is 0 Å². The van der Waals surface area contributed by atoms with Gasteiger partial charge in [-0.1, -0.05) is 66.7 Å². The van der Waals surface area contributed by atoms with Gasteiger partial charge in [-0.25, -0.2) is 0 Å². The second-order valence-corrected chi connectivity index (χ2v) is 7.66. The van der Waals surface area contributed by atoms with Crippen LogP contribution in [0, 0.1) is 0 Å². The van der Waals surface area contributed by atoms with E-state index in [2.05, 4.69) is 35.6 Å². The second-order valence-electron chi connectivity index (χ2n) is 6.52. The molecule has 130 valence electrons. The van der Waals surface area contributed by atoms with Crippen molar-refractivity contribution in [3.63, 3.8) is 0 Å². The summed E-state index contributed by atoms with van der Waals surface area (Å²) in [6, 6.07) is 26.7. The first-order chi connectivity index (χ1) is 12.8. The van der Waals surface area contributed by atoms with Gasteiger partial charge in [-0.3, -0.25) is 4.79 Å². The van der Waals surface area contributed by atoms with Gasteiger partial charge in [-0.15, -0.1) is 11.8 Å². The standard InChI is InChI=1S/C23H21NOS/c25-23(24-21-14-15-26-22-13-7-6-12-20(21)22)19-11-5-4-10-18(19)16-17-8-2-1-3-9-17/h1-13,21H,14-16H2,(H,24,25). The highest BCUT2D eigenvalue weighted by Gasteiger charge is 2.23. The number of hydrogen-bond donors (Lipinski definition) is 1. The van der Waals surface area contributed by atoms with Gasteiger partial charge in [-0.2, -0.15) is 0 Å². The third kappa shape index (κ3) is 3.68. The number of benzene rings is 3. The van der Waals surface area contributed by atoms with Crippen molar-refractivity contribution in [1.82, 2.24) is 5.32 Å². The Kier molecular flexibility index (Phi) is 5.07. The topological polar surface area (TPSA) is 29.1 Å². The van der Waals surface area contributed by atoms with Crippen LogP contribution in [0.4, 0.5) is 0 Å². The van der Waals surface area contributed by atoms with E-state index in [1.807, 2.05) is 60.3 Å². The Morgan fingerprint density at radius 3 is 2.54 bits per heavy atom. The summed E-state index contributed by atoms with van der Waals surface area (Å²) < 4.78 is 0. The van der Waals surface area contributed by atoms with Gasteiger partial charge in [0.05, 0.1) is 6.04 Å². The molecule has 3 aromatic rings. The van der Waals surface area contributed by atoms with Crippen molar-refractivity contribution in [3.8, 4) is 0 Å². The average Bonchev–Trinajstić information content (AvgIpc) is 2.69. The van der Waals surface area contributed by atoms with E-state index < -0.39 is 0 Å². The number of amides is 1. The molecule has 3 aromatic carbocycles. The van der Waals surface area contributed by atoms with E-state index in [1.165, 1.54) is 16.0 Å². The zero-order chi connectivity index (χ0) is 17.8. The molecule has 1 atom stereocenters. The van der Waals surface area contributed by atoms with Crippen molar-refractivity contribution in [3.05, 3.63) is 101 Å². The number of hydrogen-bond acceptors (Lipinski definition) is 2. The minimum atomic E-state index is 0.0169. The zero-order valence-electron chi connectivity index (χ0n) is 14.5. The van der Waals surface area contributed by atoms with Gasteiger partial charge in [-0.05, 0) is 41.7 Å². The summed E-state index contributed by atoms with van der Waals surface area (Å²) in [5, 5.41) is 3.27. The maximum atomic E-state index is 13.0. The van der Waals surface area contributed by atoms with Crippen LogP contribution < -0.4 is 5.32 Å². The Labute approximate surface area is 158 Å². The van der Waals surface area contributed by atoms with Crippen LogP contribution in [0.25, 0.3) is 0 Å². The molecule has 1 amide bonds. The highest BCUT2D eigenvalue weighted by Crippen LogP contribution is 2.36. The molecule has 0 fully saturated rings. The van der Waals surface area contributed by atoms with E-state index in [-0.39, 0.29) is 11.9 Å². The molecular weight excluding hydrogens is 338 g/mol. The fraction of sp³-hybridized carbons (Fsp3) is 0.174. The van der Waals surface area contributed by atoms with Crippen molar-refractivity contribution in [1.29, 1.82) is 0 Å². The summed E-state index contributed by atoms with van der Waals surface area (Å²) >= 11 is 1.87. The lowest BCUT2D eigenvalue weighted by atomic mass is 9.98. The molecule has 0 spiro atoms. The Hall–Kier alpha value is -2.52. The van der Waals surface area contributed by atoms with Crippen molar-refractivity contribution < 1.29 is 4.79 Å². The van der Waals surface area contributed by atoms with Crippen LogP contribution in [0.15, 0.2) is 83.8 Å². The van der Waals surface area contributed by atoms with Crippen LogP contribution >= 0.6 is 11.8 Å². The molecule has 1 aliphatic rings. The van der Waals surface area contributed by atoms with Crippen LogP contribution in [0.5, 0.6) is 0 Å². The van der Waals surface area contributed by atoms with Crippen molar-refractivity contribution in [2.45, 2.75) is 23.8 Å². The number of thioether (sulfide) groups is 1. The summed E-state index contributed by atoms with van der Waals surface area (Å²) in [5.74, 6) is 1.05. The molecule has 26 heavy (non-hydrogen) atoms. The van der Waals surface area contributed by atoms with E-state index in [0.29, 0.717) is 0 Å². The smallest absolute Gasteiger partial charge is 0.252 e.